The number of nitrogens with zero attached hydrogens (tertiary/aromatic N) is 1. The highest BCUT2D eigenvalue weighted by atomic mass is 16.7. The zero-order chi connectivity index (χ0) is 13.1. The molecule has 17 heavy (non-hydrogen) atoms. The number of hydrogen-bond donors (Lipinski definition) is 0. The van der Waals surface area contributed by atoms with Gasteiger partial charge in [0.2, 0.25) is 0 Å². The summed E-state index contributed by atoms with van der Waals surface area (Å²) in [6.45, 7) is 8.32. The minimum Gasteiger partial charge on any atom is -0.463 e. The third-order valence-corrected chi connectivity index (χ3v) is 2.67. The molecule has 0 radical (unpaired) electrons. The summed E-state index contributed by atoms with van der Waals surface area (Å²) in [5.74, 6) is -0.412. The molecule has 0 bridgehead atoms. The first-order valence-corrected chi connectivity index (χ1v) is 5.77. The average Bonchev–Trinajstić information content (AvgIpc) is 2.64. The van der Waals surface area contributed by atoms with Crippen molar-refractivity contribution in [2.75, 3.05) is 20.3 Å². The summed E-state index contributed by atoms with van der Waals surface area (Å²) in [5, 5.41) is 4.02. The van der Waals surface area contributed by atoms with Crippen LogP contribution in [-0.2, 0) is 19.1 Å². The highest BCUT2D eigenvalue weighted by Gasteiger charge is 2.50. The van der Waals surface area contributed by atoms with Crippen molar-refractivity contribution in [1.82, 2.24) is 0 Å². The van der Waals surface area contributed by atoms with Crippen LogP contribution in [0.4, 0.5) is 0 Å². The fourth-order valence-corrected chi connectivity index (χ4v) is 1.62. The van der Waals surface area contributed by atoms with E-state index in [0.29, 0.717) is 13.0 Å². The molecule has 0 amide bonds. The number of oxime groups is 1. The van der Waals surface area contributed by atoms with Gasteiger partial charge < -0.3 is 14.3 Å². The topological polar surface area (TPSA) is 57.1 Å². The number of carbonyl (C=O) groups is 1. The molecule has 1 rings (SSSR count). The number of ether oxygens (including phenoxy) is 2. The molecule has 0 N–H and O–H groups in total. The number of hydrogen-bond acceptors (Lipinski definition) is 5. The monoisotopic (exact) mass is 243 g/mol. The van der Waals surface area contributed by atoms with Gasteiger partial charge in [-0.05, 0) is 6.92 Å². The van der Waals surface area contributed by atoms with Crippen LogP contribution in [0, 0.1) is 5.41 Å². The van der Waals surface area contributed by atoms with E-state index in [4.69, 9.17) is 14.3 Å². The lowest BCUT2D eigenvalue weighted by Crippen LogP contribution is -2.45. The van der Waals surface area contributed by atoms with Crippen molar-refractivity contribution in [2.45, 2.75) is 39.7 Å². The van der Waals surface area contributed by atoms with E-state index in [0.717, 1.165) is 5.71 Å². The summed E-state index contributed by atoms with van der Waals surface area (Å²) in [7, 11) is 1.53. The van der Waals surface area contributed by atoms with Crippen molar-refractivity contribution < 1.29 is 19.1 Å². The summed E-state index contributed by atoms with van der Waals surface area (Å²) in [5.41, 5.74) is -0.377. The predicted octanol–water partition coefficient (Wildman–Crippen LogP) is 1.76. The Labute approximate surface area is 102 Å². The van der Waals surface area contributed by atoms with E-state index in [1.807, 2.05) is 20.8 Å². The minimum absolute atomic E-state index is 0.123. The van der Waals surface area contributed by atoms with Gasteiger partial charge in [-0.1, -0.05) is 25.9 Å². The third kappa shape index (κ3) is 2.97. The number of rotatable bonds is 4. The minimum atomic E-state index is -1.10. The summed E-state index contributed by atoms with van der Waals surface area (Å²) in [6.07, 6.45) is 0.420. The second kappa shape index (κ2) is 5.04. The molecule has 5 nitrogen and oxygen atoms in total. The van der Waals surface area contributed by atoms with Crippen LogP contribution >= 0.6 is 0 Å². The van der Waals surface area contributed by atoms with Gasteiger partial charge >= 0.3 is 5.97 Å². The van der Waals surface area contributed by atoms with E-state index >= 15 is 0 Å². The molecule has 0 aromatic carbocycles. The highest BCUT2D eigenvalue weighted by Crippen LogP contribution is 2.33. The smallest absolute Gasteiger partial charge is 0.356 e. The molecular weight excluding hydrogens is 222 g/mol. The lowest BCUT2D eigenvalue weighted by Gasteiger charge is -2.24. The molecule has 5 heteroatoms. The van der Waals surface area contributed by atoms with Crippen molar-refractivity contribution in [3.63, 3.8) is 0 Å². The van der Waals surface area contributed by atoms with Crippen LogP contribution in [0.2, 0.25) is 0 Å². The van der Waals surface area contributed by atoms with Crippen LogP contribution in [-0.4, -0.2) is 37.6 Å². The Morgan fingerprint density at radius 1 is 1.53 bits per heavy atom. The maximum absolute atomic E-state index is 11.9. The Hall–Kier alpha value is -1.10. The largest absolute Gasteiger partial charge is 0.463 e. The van der Waals surface area contributed by atoms with Crippen LogP contribution in [0.25, 0.3) is 0 Å². The summed E-state index contributed by atoms with van der Waals surface area (Å²) >= 11 is 0. The maximum atomic E-state index is 11.9. The first kappa shape index (κ1) is 14.0. The zero-order valence-electron chi connectivity index (χ0n) is 11.2. The normalized spacial score (nSPS) is 24.2. The van der Waals surface area contributed by atoms with Gasteiger partial charge in [0, 0.05) is 18.9 Å². The van der Waals surface area contributed by atoms with Crippen LogP contribution in [0.3, 0.4) is 0 Å². The van der Waals surface area contributed by atoms with Gasteiger partial charge in [0.25, 0.3) is 5.60 Å². The predicted molar refractivity (Wildman–Crippen MR) is 63.8 cm³/mol. The van der Waals surface area contributed by atoms with Crippen LogP contribution in [0.15, 0.2) is 5.16 Å². The molecule has 1 atom stereocenters. The second-order valence-electron chi connectivity index (χ2n) is 5.20. The van der Waals surface area contributed by atoms with Crippen molar-refractivity contribution in [1.29, 1.82) is 0 Å². The summed E-state index contributed by atoms with van der Waals surface area (Å²) in [4.78, 5) is 17.3. The first-order valence-electron chi connectivity index (χ1n) is 5.77. The average molecular weight is 243 g/mol. The number of esters is 1. The molecule has 0 aliphatic carbocycles. The van der Waals surface area contributed by atoms with Gasteiger partial charge in [0.1, 0.15) is 6.61 Å². The van der Waals surface area contributed by atoms with Crippen molar-refractivity contribution in [2.24, 2.45) is 10.6 Å². The Bertz CT molecular complexity index is 319. The standard InChI is InChI=1S/C12H21NO4/c1-6-16-10(14)12(8-15-5)7-9(13-17-12)11(2,3)4/h6-8H2,1-5H3. The van der Waals surface area contributed by atoms with Crippen molar-refractivity contribution >= 4 is 11.7 Å². The molecule has 1 unspecified atom stereocenters. The van der Waals surface area contributed by atoms with E-state index in [2.05, 4.69) is 5.16 Å². The number of carbonyl (C=O) groups excluding carboxylic acids is 1. The molecule has 1 aliphatic rings. The van der Waals surface area contributed by atoms with Gasteiger partial charge in [0.15, 0.2) is 0 Å². The van der Waals surface area contributed by atoms with E-state index in [1.54, 1.807) is 6.92 Å². The van der Waals surface area contributed by atoms with E-state index in [9.17, 15) is 4.79 Å². The quantitative estimate of drug-likeness (QED) is 0.706. The number of methoxy groups -OCH3 is 1. The van der Waals surface area contributed by atoms with Gasteiger partial charge in [0.05, 0.1) is 12.3 Å². The molecule has 1 aliphatic heterocycles. The van der Waals surface area contributed by atoms with E-state index < -0.39 is 11.6 Å². The first-order chi connectivity index (χ1) is 7.85. The maximum Gasteiger partial charge on any atom is 0.356 e. The van der Waals surface area contributed by atoms with Gasteiger partial charge in [-0.15, -0.1) is 0 Å². The molecule has 0 saturated heterocycles. The fourth-order valence-electron chi connectivity index (χ4n) is 1.62. The molecule has 0 fully saturated rings. The van der Waals surface area contributed by atoms with Crippen LogP contribution in [0.5, 0.6) is 0 Å². The Morgan fingerprint density at radius 3 is 2.59 bits per heavy atom. The highest BCUT2D eigenvalue weighted by molar-refractivity contribution is 5.96. The Kier molecular flexibility index (Phi) is 4.14. The SMILES string of the molecule is CCOC(=O)C1(COC)CC(C(C)(C)C)=NO1. The van der Waals surface area contributed by atoms with Gasteiger partial charge in [-0.25, -0.2) is 4.79 Å². The van der Waals surface area contributed by atoms with Crippen LogP contribution in [0.1, 0.15) is 34.1 Å². The zero-order valence-corrected chi connectivity index (χ0v) is 11.2. The Balaban J connectivity index is 2.83. The molecule has 98 valence electrons. The van der Waals surface area contributed by atoms with Crippen molar-refractivity contribution in [3.05, 3.63) is 0 Å². The Morgan fingerprint density at radius 2 is 2.18 bits per heavy atom. The molecule has 1 heterocycles. The van der Waals surface area contributed by atoms with Crippen molar-refractivity contribution in [3.8, 4) is 0 Å². The second-order valence-corrected chi connectivity index (χ2v) is 5.20. The molecule has 0 aromatic heterocycles. The molecule has 0 aromatic rings. The third-order valence-electron chi connectivity index (χ3n) is 2.67. The molecular formula is C12H21NO4. The fraction of sp³-hybridized carbons (Fsp3) is 0.833. The van der Waals surface area contributed by atoms with E-state index in [-0.39, 0.29) is 12.0 Å². The molecule has 0 saturated carbocycles. The van der Waals surface area contributed by atoms with Gasteiger partial charge in [-0.2, -0.15) is 0 Å². The lowest BCUT2D eigenvalue weighted by atomic mass is 9.83. The lowest BCUT2D eigenvalue weighted by molar-refractivity contribution is -0.175. The van der Waals surface area contributed by atoms with E-state index in [1.165, 1.54) is 7.11 Å². The molecule has 0 spiro atoms. The van der Waals surface area contributed by atoms with Crippen LogP contribution < -0.4 is 0 Å². The summed E-state index contributed by atoms with van der Waals surface area (Å²) in [6, 6.07) is 0. The van der Waals surface area contributed by atoms with Gasteiger partial charge in [-0.3, -0.25) is 0 Å². The summed E-state index contributed by atoms with van der Waals surface area (Å²) < 4.78 is 10.1.